The number of hydrogen-bond acceptors (Lipinski definition) is 4. The van der Waals surface area contributed by atoms with Crippen molar-refractivity contribution in [2.24, 2.45) is 0 Å². The average Bonchev–Trinajstić information content (AvgIpc) is 2.87. The van der Waals surface area contributed by atoms with E-state index in [-0.39, 0.29) is 25.2 Å². The van der Waals surface area contributed by atoms with Crippen molar-refractivity contribution >= 4 is 11.9 Å². The van der Waals surface area contributed by atoms with E-state index in [4.69, 9.17) is 9.47 Å². The van der Waals surface area contributed by atoms with Crippen molar-refractivity contribution in [3.05, 3.63) is 83.4 Å². The predicted octanol–water partition coefficient (Wildman–Crippen LogP) is 7.50. The lowest BCUT2D eigenvalue weighted by Crippen LogP contribution is -2.15. The van der Waals surface area contributed by atoms with Crippen molar-refractivity contribution in [2.45, 2.75) is 52.9 Å². The molecule has 0 aliphatic rings. The van der Waals surface area contributed by atoms with Crippen molar-refractivity contribution in [1.82, 2.24) is 0 Å². The van der Waals surface area contributed by atoms with Crippen LogP contribution in [0.15, 0.2) is 66.7 Å². The van der Waals surface area contributed by atoms with Gasteiger partial charge in [0.05, 0.1) is 24.3 Å². The summed E-state index contributed by atoms with van der Waals surface area (Å²) in [4.78, 5) is 26.6. The fraction of sp³-hybridized carbons (Fsp3) is 0.333. The first-order chi connectivity index (χ1) is 16.6. The van der Waals surface area contributed by atoms with E-state index in [1.807, 2.05) is 73.7 Å². The van der Waals surface area contributed by atoms with Crippen LogP contribution in [0.25, 0.3) is 22.3 Å². The number of unbranched alkanes of at least 4 members (excludes halogenated alkanes) is 3. The predicted molar refractivity (Wildman–Crippen MR) is 137 cm³/mol. The highest BCUT2D eigenvalue weighted by atomic mass is 16.5. The van der Waals surface area contributed by atoms with Crippen LogP contribution >= 0.6 is 0 Å². The van der Waals surface area contributed by atoms with Gasteiger partial charge in [0.1, 0.15) is 0 Å². The van der Waals surface area contributed by atoms with E-state index in [0.717, 1.165) is 47.9 Å². The van der Waals surface area contributed by atoms with Gasteiger partial charge in [0.25, 0.3) is 0 Å². The summed E-state index contributed by atoms with van der Waals surface area (Å²) in [5, 5.41) is 0. The van der Waals surface area contributed by atoms with Crippen molar-refractivity contribution < 1.29 is 19.1 Å². The molecule has 0 saturated heterocycles. The van der Waals surface area contributed by atoms with Gasteiger partial charge in [-0.15, -0.1) is 0 Å². The summed E-state index contributed by atoms with van der Waals surface area (Å²) in [6.45, 7) is 6.34. The monoisotopic (exact) mass is 458 g/mol. The van der Waals surface area contributed by atoms with Crippen LogP contribution in [0.4, 0.5) is 0 Å². The standard InChI is InChI=1S/C30H34O4/c1-4-7-8-11-20-24-21-25(29(31)33-5-2)26(22-16-12-9-13-17-22)27(23-18-14-10-15-19-23)28(24)30(32)34-6-3/h9-10,12-19,21H,4-8,11,20H2,1-3H3. The Kier molecular flexibility index (Phi) is 9.45. The number of rotatable bonds is 11. The molecule has 0 radical (unpaired) electrons. The molecule has 0 fully saturated rings. The van der Waals surface area contributed by atoms with Crippen LogP contribution in [0.3, 0.4) is 0 Å². The van der Waals surface area contributed by atoms with Gasteiger partial charge in [0, 0.05) is 11.1 Å². The Morgan fingerprint density at radius 1 is 0.676 bits per heavy atom. The maximum atomic E-state index is 13.4. The first kappa shape index (κ1) is 25.2. The molecule has 0 saturated carbocycles. The van der Waals surface area contributed by atoms with Crippen molar-refractivity contribution in [3.8, 4) is 22.3 Å². The molecule has 0 N–H and O–H groups in total. The quantitative estimate of drug-likeness (QED) is 0.220. The van der Waals surface area contributed by atoms with Gasteiger partial charge in [0.2, 0.25) is 0 Å². The van der Waals surface area contributed by atoms with E-state index >= 15 is 0 Å². The zero-order chi connectivity index (χ0) is 24.3. The summed E-state index contributed by atoms with van der Waals surface area (Å²) >= 11 is 0. The lowest BCUT2D eigenvalue weighted by atomic mass is 9.83. The maximum Gasteiger partial charge on any atom is 0.339 e. The second-order valence-corrected chi connectivity index (χ2v) is 8.19. The van der Waals surface area contributed by atoms with Gasteiger partial charge in [-0.05, 0) is 49.4 Å². The van der Waals surface area contributed by atoms with E-state index in [1.54, 1.807) is 6.92 Å². The SMILES string of the molecule is CCCCCCc1cc(C(=O)OCC)c(-c2ccccc2)c(-c2ccccc2)c1C(=O)OCC. The normalized spacial score (nSPS) is 10.7. The molecule has 0 aliphatic heterocycles. The number of carbonyl (C=O) groups is 2. The van der Waals surface area contributed by atoms with Gasteiger partial charge in [0.15, 0.2) is 0 Å². The second-order valence-electron chi connectivity index (χ2n) is 8.19. The lowest BCUT2D eigenvalue weighted by Gasteiger charge is -2.22. The van der Waals surface area contributed by atoms with Crippen LogP contribution in [0.1, 0.15) is 72.7 Å². The summed E-state index contributed by atoms with van der Waals surface area (Å²) in [5.41, 5.74) is 4.99. The van der Waals surface area contributed by atoms with Crippen molar-refractivity contribution in [3.63, 3.8) is 0 Å². The molecule has 3 aromatic rings. The van der Waals surface area contributed by atoms with E-state index < -0.39 is 0 Å². The first-order valence-electron chi connectivity index (χ1n) is 12.3. The van der Waals surface area contributed by atoms with Crippen LogP contribution in [-0.2, 0) is 15.9 Å². The zero-order valence-corrected chi connectivity index (χ0v) is 20.4. The highest BCUT2D eigenvalue weighted by Gasteiger charge is 2.28. The number of aryl methyl sites for hydroxylation is 1. The molecule has 0 spiro atoms. The Morgan fingerprint density at radius 3 is 1.79 bits per heavy atom. The molecule has 3 aromatic carbocycles. The van der Waals surface area contributed by atoms with Gasteiger partial charge >= 0.3 is 11.9 Å². The Bertz CT molecular complexity index is 1090. The minimum Gasteiger partial charge on any atom is -0.462 e. The van der Waals surface area contributed by atoms with Crippen LogP contribution in [0.2, 0.25) is 0 Å². The van der Waals surface area contributed by atoms with Gasteiger partial charge < -0.3 is 9.47 Å². The molecule has 4 heteroatoms. The molecular weight excluding hydrogens is 424 g/mol. The third-order valence-corrected chi connectivity index (χ3v) is 5.81. The van der Waals surface area contributed by atoms with E-state index in [0.29, 0.717) is 23.1 Å². The van der Waals surface area contributed by atoms with Gasteiger partial charge in [-0.2, -0.15) is 0 Å². The van der Waals surface area contributed by atoms with Gasteiger partial charge in [-0.3, -0.25) is 0 Å². The third kappa shape index (κ3) is 5.93. The lowest BCUT2D eigenvalue weighted by molar-refractivity contribution is 0.0511. The fourth-order valence-electron chi connectivity index (χ4n) is 4.28. The number of hydrogen-bond donors (Lipinski definition) is 0. The van der Waals surface area contributed by atoms with Crippen LogP contribution in [0, 0.1) is 0 Å². The molecule has 0 amide bonds. The highest BCUT2D eigenvalue weighted by molar-refractivity contribution is 6.10. The summed E-state index contributed by atoms with van der Waals surface area (Å²) in [5.74, 6) is -0.747. The maximum absolute atomic E-state index is 13.4. The Balaban J connectivity index is 2.38. The van der Waals surface area contributed by atoms with E-state index in [2.05, 4.69) is 6.92 Å². The molecule has 0 aromatic heterocycles. The van der Waals surface area contributed by atoms with Crippen molar-refractivity contribution in [1.29, 1.82) is 0 Å². The summed E-state index contributed by atoms with van der Waals surface area (Å²) in [6, 6.07) is 21.3. The van der Waals surface area contributed by atoms with Crippen molar-refractivity contribution in [2.75, 3.05) is 13.2 Å². The summed E-state index contributed by atoms with van der Waals surface area (Å²) < 4.78 is 11.0. The fourth-order valence-corrected chi connectivity index (χ4v) is 4.28. The minimum absolute atomic E-state index is 0.277. The third-order valence-electron chi connectivity index (χ3n) is 5.81. The second kappa shape index (κ2) is 12.7. The Morgan fingerprint density at radius 2 is 1.24 bits per heavy atom. The molecule has 34 heavy (non-hydrogen) atoms. The van der Waals surface area contributed by atoms with E-state index in [9.17, 15) is 9.59 Å². The van der Waals surface area contributed by atoms with Crippen LogP contribution < -0.4 is 0 Å². The smallest absolute Gasteiger partial charge is 0.339 e. The molecule has 0 bridgehead atoms. The molecule has 4 nitrogen and oxygen atoms in total. The topological polar surface area (TPSA) is 52.6 Å². The molecule has 0 heterocycles. The molecule has 0 aliphatic carbocycles. The first-order valence-corrected chi connectivity index (χ1v) is 12.3. The number of carbonyl (C=O) groups excluding carboxylic acids is 2. The highest BCUT2D eigenvalue weighted by Crippen LogP contribution is 2.41. The summed E-state index contributed by atoms with van der Waals surface area (Å²) in [6.07, 6.45) is 4.94. The molecule has 0 unspecified atom stereocenters. The average molecular weight is 459 g/mol. The summed E-state index contributed by atoms with van der Waals surface area (Å²) in [7, 11) is 0. The van der Waals surface area contributed by atoms with Gasteiger partial charge in [-0.25, -0.2) is 9.59 Å². The van der Waals surface area contributed by atoms with Crippen LogP contribution in [-0.4, -0.2) is 25.2 Å². The number of benzene rings is 3. The largest absolute Gasteiger partial charge is 0.462 e. The Labute approximate surface area is 202 Å². The van der Waals surface area contributed by atoms with E-state index in [1.165, 1.54) is 0 Å². The number of esters is 2. The molecule has 3 rings (SSSR count). The molecule has 178 valence electrons. The molecular formula is C30H34O4. The number of ether oxygens (including phenoxy) is 2. The Hall–Kier alpha value is -3.40. The van der Waals surface area contributed by atoms with Gasteiger partial charge in [-0.1, -0.05) is 86.8 Å². The minimum atomic E-state index is -0.385. The molecule has 0 atom stereocenters. The zero-order valence-electron chi connectivity index (χ0n) is 20.4. The van der Waals surface area contributed by atoms with Crippen LogP contribution in [0.5, 0.6) is 0 Å².